The second-order valence-electron chi connectivity index (χ2n) is 10.2. The molecule has 0 unspecified atom stereocenters. The highest BCUT2D eigenvalue weighted by atomic mass is 16.3. The van der Waals surface area contributed by atoms with E-state index >= 15 is 0 Å². The van der Waals surface area contributed by atoms with Gasteiger partial charge in [0, 0.05) is 33.4 Å². The number of nitrogens with zero attached hydrogens (tertiary/aromatic N) is 5. The Kier molecular flexibility index (Phi) is 4.51. The molecule has 0 aliphatic carbocycles. The molecule has 192 valence electrons. The molecule has 9 aromatic rings. The summed E-state index contributed by atoms with van der Waals surface area (Å²) >= 11 is 0. The molecule has 5 heterocycles. The van der Waals surface area contributed by atoms with E-state index in [-0.39, 0.29) is 0 Å². The zero-order valence-electron chi connectivity index (χ0n) is 21.8. The van der Waals surface area contributed by atoms with E-state index in [1.54, 1.807) is 6.20 Å². The molecule has 0 atom stereocenters. The number of hydrogen-bond acceptors (Lipinski definition) is 4. The molecule has 6 heteroatoms. The van der Waals surface area contributed by atoms with E-state index in [9.17, 15) is 0 Å². The summed E-state index contributed by atoms with van der Waals surface area (Å²) in [6.45, 7) is 0. The Hall–Kier alpha value is -5.75. The van der Waals surface area contributed by atoms with Gasteiger partial charge in [-0.1, -0.05) is 54.6 Å². The lowest BCUT2D eigenvalue weighted by atomic mass is 10.1. The van der Waals surface area contributed by atoms with Crippen LogP contribution in [0.2, 0.25) is 0 Å². The van der Waals surface area contributed by atoms with E-state index in [1.807, 2.05) is 24.4 Å². The zero-order valence-corrected chi connectivity index (χ0v) is 21.8. The van der Waals surface area contributed by atoms with Crippen LogP contribution in [0.5, 0.6) is 0 Å². The summed E-state index contributed by atoms with van der Waals surface area (Å²) in [6.07, 6.45) is 3.60. The van der Waals surface area contributed by atoms with Gasteiger partial charge in [0.1, 0.15) is 5.69 Å². The number of benzene rings is 4. The van der Waals surface area contributed by atoms with Gasteiger partial charge in [0.15, 0.2) is 11.2 Å². The second-order valence-corrected chi connectivity index (χ2v) is 10.2. The van der Waals surface area contributed by atoms with E-state index in [4.69, 9.17) is 9.40 Å². The molecule has 0 spiro atoms. The molecular weight excluding hydrogens is 506 g/mol. The number of rotatable bonds is 3. The van der Waals surface area contributed by atoms with Crippen LogP contribution in [-0.4, -0.2) is 24.1 Å². The van der Waals surface area contributed by atoms with Crippen molar-refractivity contribution < 1.29 is 4.42 Å². The fraction of sp³-hybridized carbons (Fsp3) is 0. The van der Waals surface area contributed by atoms with Gasteiger partial charge in [0.25, 0.3) is 0 Å². The minimum atomic E-state index is 0.461. The van der Waals surface area contributed by atoms with E-state index in [0.29, 0.717) is 22.8 Å². The topological polar surface area (TPSA) is 61.7 Å². The molecule has 0 saturated heterocycles. The number of hydrogen-bond donors (Lipinski definition) is 0. The van der Waals surface area contributed by atoms with Gasteiger partial charge in [0.05, 0.1) is 34.0 Å². The molecule has 0 fully saturated rings. The third kappa shape index (κ3) is 3.22. The van der Waals surface area contributed by atoms with E-state index < -0.39 is 0 Å². The third-order valence-corrected chi connectivity index (χ3v) is 7.87. The lowest BCUT2D eigenvalue weighted by molar-refractivity contribution is 0.616. The van der Waals surface area contributed by atoms with Crippen molar-refractivity contribution in [1.82, 2.24) is 24.1 Å². The number of fused-ring (bicyclic) bond motifs is 7. The molecule has 5 aromatic heterocycles. The molecule has 0 saturated carbocycles. The first-order valence-corrected chi connectivity index (χ1v) is 13.5. The van der Waals surface area contributed by atoms with Gasteiger partial charge in [-0.05, 0) is 60.7 Å². The molecule has 9 rings (SSSR count). The van der Waals surface area contributed by atoms with Gasteiger partial charge in [0.2, 0.25) is 5.89 Å². The molecule has 0 aliphatic rings. The van der Waals surface area contributed by atoms with Gasteiger partial charge in [-0.25, -0.2) is 9.97 Å². The molecule has 0 amide bonds. The number of aromatic nitrogens is 5. The average Bonchev–Trinajstić information content (AvgIpc) is 3.71. The maximum absolute atomic E-state index is 5.91. The third-order valence-electron chi connectivity index (χ3n) is 7.87. The van der Waals surface area contributed by atoms with Gasteiger partial charge >= 0.3 is 0 Å². The summed E-state index contributed by atoms with van der Waals surface area (Å²) in [5.41, 5.74) is 8.66. The Morgan fingerprint density at radius 2 is 1.17 bits per heavy atom. The van der Waals surface area contributed by atoms with Crippen molar-refractivity contribution in [2.45, 2.75) is 0 Å². The SMILES string of the molecule is c1ccc(-n2c3ccccc3c3cc4c(cc32)c2ccccc2n4-c2ccc(-c3nc4ncccc4o3)nc2)cc1. The highest BCUT2D eigenvalue weighted by Crippen LogP contribution is 2.39. The van der Waals surface area contributed by atoms with Crippen molar-refractivity contribution in [3.8, 4) is 23.0 Å². The predicted molar refractivity (Wildman–Crippen MR) is 164 cm³/mol. The first kappa shape index (κ1) is 22.1. The molecule has 0 N–H and O–H groups in total. The van der Waals surface area contributed by atoms with Crippen molar-refractivity contribution in [1.29, 1.82) is 0 Å². The Balaban J connectivity index is 1.30. The fourth-order valence-electron chi connectivity index (χ4n) is 6.09. The quantitative estimate of drug-likeness (QED) is 0.231. The fourth-order valence-corrected chi connectivity index (χ4v) is 6.09. The van der Waals surface area contributed by atoms with Gasteiger partial charge in [-0.2, -0.15) is 4.98 Å². The standard InChI is InChI=1S/C35H21N5O/c1-2-9-22(10-3-1)39-29-13-6-4-11-24(29)26-20-32-27(19-31(26)39)25-12-5-7-14-30(25)40(32)23-16-17-28(37-21-23)35-38-34-33(41-35)15-8-18-36-34/h1-21H. The van der Waals surface area contributed by atoms with Gasteiger partial charge in [-0.3, -0.25) is 0 Å². The largest absolute Gasteiger partial charge is 0.433 e. The van der Waals surface area contributed by atoms with Crippen LogP contribution in [0.15, 0.2) is 132 Å². The maximum Gasteiger partial charge on any atom is 0.247 e. The van der Waals surface area contributed by atoms with Crippen LogP contribution in [0.4, 0.5) is 0 Å². The Bertz CT molecular complexity index is 2380. The summed E-state index contributed by atoms with van der Waals surface area (Å²) in [6, 6.07) is 40.2. The summed E-state index contributed by atoms with van der Waals surface area (Å²) in [7, 11) is 0. The van der Waals surface area contributed by atoms with E-state index in [0.717, 1.165) is 22.4 Å². The maximum atomic E-state index is 5.91. The lowest BCUT2D eigenvalue weighted by Crippen LogP contribution is -1.96. The minimum absolute atomic E-state index is 0.461. The van der Waals surface area contributed by atoms with Gasteiger partial charge < -0.3 is 13.6 Å². The monoisotopic (exact) mass is 527 g/mol. The Morgan fingerprint density at radius 1 is 0.512 bits per heavy atom. The van der Waals surface area contributed by atoms with E-state index in [1.165, 1.54) is 32.6 Å². The number of pyridine rings is 2. The number of para-hydroxylation sites is 3. The zero-order chi connectivity index (χ0) is 26.9. The molecule has 41 heavy (non-hydrogen) atoms. The summed E-state index contributed by atoms with van der Waals surface area (Å²) < 4.78 is 10.6. The van der Waals surface area contributed by atoms with Crippen LogP contribution in [-0.2, 0) is 0 Å². The predicted octanol–water partition coefficient (Wildman–Crippen LogP) is 8.48. The molecule has 0 radical (unpaired) electrons. The lowest BCUT2D eigenvalue weighted by Gasteiger charge is -2.09. The van der Waals surface area contributed by atoms with Crippen LogP contribution < -0.4 is 0 Å². The van der Waals surface area contributed by atoms with Crippen LogP contribution in [0, 0.1) is 0 Å². The highest BCUT2D eigenvalue weighted by molar-refractivity contribution is 6.19. The molecule has 6 nitrogen and oxygen atoms in total. The number of oxazole rings is 1. The van der Waals surface area contributed by atoms with Crippen molar-refractivity contribution in [2.75, 3.05) is 0 Å². The van der Waals surface area contributed by atoms with Crippen LogP contribution in [0.3, 0.4) is 0 Å². The first-order chi connectivity index (χ1) is 20.3. The Labute approximate surface area is 233 Å². The van der Waals surface area contributed by atoms with Crippen molar-refractivity contribution >= 4 is 54.8 Å². The molecule has 4 aromatic carbocycles. The van der Waals surface area contributed by atoms with Crippen molar-refractivity contribution in [3.63, 3.8) is 0 Å². The second kappa shape index (κ2) is 8.37. The summed E-state index contributed by atoms with van der Waals surface area (Å²) in [4.78, 5) is 13.6. The van der Waals surface area contributed by atoms with Gasteiger partial charge in [-0.15, -0.1) is 0 Å². The minimum Gasteiger partial charge on any atom is -0.433 e. The van der Waals surface area contributed by atoms with Crippen LogP contribution in [0.1, 0.15) is 0 Å². The van der Waals surface area contributed by atoms with Crippen molar-refractivity contribution in [3.05, 3.63) is 128 Å². The normalized spacial score (nSPS) is 11.9. The highest BCUT2D eigenvalue weighted by Gasteiger charge is 2.19. The smallest absolute Gasteiger partial charge is 0.247 e. The molecule has 0 bridgehead atoms. The molecule has 0 aliphatic heterocycles. The van der Waals surface area contributed by atoms with Crippen molar-refractivity contribution in [2.24, 2.45) is 0 Å². The molecular formula is C35H21N5O. The Morgan fingerprint density at radius 3 is 1.83 bits per heavy atom. The summed E-state index contributed by atoms with van der Waals surface area (Å²) in [5, 5.41) is 4.83. The summed E-state index contributed by atoms with van der Waals surface area (Å²) in [5.74, 6) is 0.461. The van der Waals surface area contributed by atoms with E-state index in [2.05, 4.69) is 116 Å². The first-order valence-electron chi connectivity index (χ1n) is 13.5. The van der Waals surface area contributed by atoms with Crippen LogP contribution >= 0.6 is 0 Å². The average molecular weight is 528 g/mol. The van der Waals surface area contributed by atoms with Crippen LogP contribution in [0.25, 0.3) is 77.8 Å².